The molecule has 0 N–H and O–H groups in total. The highest BCUT2D eigenvalue weighted by atomic mass is 79.9. The molecule has 1 aliphatic rings. The van der Waals surface area contributed by atoms with Crippen LogP contribution >= 0.6 is 15.9 Å². The van der Waals surface area contributed by atoms with Gasteiger partial charge in [-0.25, -0.2) is 0 Å². The van der Waals surface area contributed by atoms with Gasteiger partial charge in [0.25, 0.3) is 0 Å². The molecule has 0 atom stereocenters. The Morgan fingerprint density at radius 3 is 2.64 bits per heavy atom. The molecule has 3 aromatic carbocycles. The summed E-state index contributed by atoms with van der Waals surface area (Å²) in [5.74, 6) is 1.98. The average molecular weight is 506 g/mol. The fourth-order valence-corrected chi connectivity index (χ4v) is 4.52. The Morgan fingerprint density at radius 1 is 1.03 bits per heavy atom. The number of halogens is 1. The van der Waals surface area contributed by atoms with Crippen molar-refractivity contribution in [3.63, 3.8) is 0 Å². The third kappa shape index (κ3) is 4.54. The molecule has 5 nitrogen and oxygen atoms in total. The van der Waals surface area contributed by atoms with Gasteiger partial charge >= 0.3 is 0 Å². The van der Waals surface area contributed by atoms with E-state index in [4.69, 9.17) is 13.9 Å². The van der Waals surface area contributed by atoms with Crippen molar-refractivity contribution >= 4 is 26.9 Å². The first kappa shape index (κ1) is 21.7. The first-order valence-corrected chi connectivity index (χ1v) is 11.8. The normalized spacial score (nSPS) is 13.5. The fraction of sp³-hybridized carbons (Fsp3) is 0.222. The molecule has 4 aromatic rings. The summed E-state index contributed by atoms with van der Waals surface area (Å²) >= 11 is 3.46. The van der Waals surface area contributed by atoms with Gasteiger partial charge in [-0.3, -0.25) is 9.69 Å². The van der Waals surface area contributed by atoms with Crippen molar-refractivity contribution < 1.29 is 13.9 Å². The monoisotopic (exact) mass is 505 g/mol. The maximum absolute atomic E-state index is 13.3. The van der Waals surface area contributed by atoms with Crippen LogP contribution in [0.25, 0.3) is 11.0 Å². The van der Waals surface area contributed by atoms with E-state index in [1.54, 1.807) is 19.1 Å². The number of rotatable bonds is 6. The van der Waals surface area contributed by atoms with Crippen LogP contribution in [0.1, 0.15) is 23.3 Å². The van der Waals surface area contributed by atoms with E-state index in [-0.39, 0.29) is 11.2 Å². The van der Waals surface area contributed by atoms with Gasteiger partial charge in [0.15, 0.2) is 0 Å². The molecule has 5 rings (SSSR count). The molecule has 0 fully saturated rings. The lowest BCUT2D eigenvalue weighted by Gasteiger charge is -2.29. The van der Waals surface area contributed by atoms with E-state index in [1.807, 2.05) is 30.3 Å². The standard InChI is InChI=1S/C27H24BrNO4/c1-18-26(33-24-12-6-5-11-22(24)28)25(30)20-13-14-23-21(27(20)32-18)16-29(17-31-23)15-7-10-19-8-3-2-4-9-19/h2-6,8-9,11-14H,7,10,15-17H2,1H3. The summed E-state index contributed by atoms with van der Waals surface area (Å²) in [6.45, 7) is 3.86. The van der Waals surface area contributed by atoms with E-state index in [9.17, 15) is 4.79 Å². The number of nitrogens with zero attached hydrogens (tertiary/aromatic N) is 1. The lowest BCUT2D eigenvalue weighted by molar-refractivity contribution is 0.0946. The zero-order chi connectivity index (χ0) is 22.8. The smallest absolute Gasteiger partial charge is 0.235 e. The van der Waals surface area contributed by atoms with Crippen LogP contribution in [0.15, 0.2) is 80.4 Å². The van der Waals surface area contributed by atoms with Gasteiger partial charge in [-0.05, 0) is 65.5 Å². The van der Waals surface area contributed by atoms with Crippen LogP contribution in [-0.4, -0.2) is 18.2 Å². The van der Waals surface area contributed by atoms with Gasteiger partial charge in [0, 0.05) is 13.1 Å². The molecule has 0 saturated heterocycles. The minimum atomic E-state index is -0.187. The Morgan fingerprint density at radius 2 is 1.82 bits per heavy atom. The number of para-hydroxylation sites is 1. The first-order valence-electron chi connectivity index (χ1n) is 11.0. The predicted molar refractivity (Wildman–Crippen MR) is 132 cm³/mol. The van der Waals surface area contributed by atoms with Crippen molar-refractivity contribution in [2.45, 2.75) is 26.3 Å². The number of ether oxygens (including phenoxy) is 2. The van der Waals surface area contributed by atoms with Crippen molar-refractivity contribution in [2.24, 2.45) is 0 Å². The van der Waals surface area contributed by atoms with E-state index in [0.29, 0.717) is 35.8 Å². The van der Waals surface area contributed by atoms with E-state index < -0.39 is 0 Å². The Kier molecular flexibility index (Phi) is 6.20. The van der Waals surface area contributed by atoms with Gasteiger partial charge in [0.05, 0.1) is 15.4 Å². The molecule has 0 spiro atoms. The van der Waals surface area contributed by atoms with E-state index in [2.05, 4.69) is 45.1 Å². The second-order valence-corrected chi connectivity index (χ2v) is 9.04. The van der Waals surface area contributed by atoms with Crippen LogP contribution in [0, 0.1) is 6.92 Å². The summed E-state index contributed by atoms with van der Waals surface area (Å²) in [6.07, 6.45) is 2.05. The van der Waals surface area contributed by atoms with Gasteiger partial charge < -0.3 is 13.9 Å². The molecule has 1 aliphatic heterocycles. The number of benzene rings is 3. The predicted octanol–water partition coefficient (Wildman–Crippen LogP) is 6.44. The van der Waals surface area contributed by atoms with Crippen LogP contribution in [-0.2, 0) is 13.0 Å². The quantitative estimate of drug-likeness (QED) is 0.301. The Balaban J connectivity index is 1.40. The second-order valence-electron chi connectivity index (χ2n) is 8.18. The summed E-state index contributed by atoms with van der Waals surface area (Å²) in [7, 11) is 0. The minimum Gasteiger partial charge on any atom is -0.478 e. The number of hydrogen-bond donors (Lipinski definition) is 0. The van der Waals surface area contributed by atoms with E-state index >= 15 is 0 Å². The van der Waals surface area contributed by atoms with Crippen LogP contribution in [0.5, 0.6) is 17.2 Å². The molecule has 168 valence electrons. The Hall–Kier alpha value is -3.09. The molecular weight excluding hydrogens is 482 g/mol. The highest BCUT2D eigenvalue weighted by molar-refractivity contribution is 9.10. The Bertz CT molecular complexity index is 1350. The largest absolute Gasteiger partial charge is 0.478 e. The van der Waals surface area contributed by atoms with Crippen molar-refractivity contribution in [3.8, 4) is 17.2 Å². The summed E-state index contributed by atoms with van der Waals surface area (Å²) in [5, 5.41) is 0.496. The molecule has 0 unspecified atom stereocenters. The van der Waals surface area contributed by atoms with Crippen molar-refractivity contribution in [2.75, 3.05) is 13.3 Å². The maximum Gasteiger partial charge on any atom is 0.235 e. The van der Waals surface area contributed by atoms with Gasteiger partial charge in [-0.1, -0.05) is 42.5 Å². The number of aryl methyl sites for hydroxylation is 2. The Labute approximate surface area is 200 Å². The van der Waals surface area contributed by atoms with Crippen molar-refractivity contribution in [3.05, 3.63) is 98.3 Å². The minimum absolute atomic E-state index is 0.187. The highest BCUT2D eigenvalue weighted by Gasteiger charge is 2.24. The zero-order valence-corrected chi connectivity index (χ0v) is 19.9. The fourth-order valence-electron chi connectivity index (χ4n) is 4.15. The van der Waals surface area contributed by atoms with Crippen LogP contribution < -0.4 is 14.9 Å². The van der Waals surface area contributed by atoms with Crippen molar-refractivity contribution in [1.82, 2.24) is 4.90 Å². The van der Waals surface area contributed by atoms with E-state index in [1.165, 1.54) is 5.56 Å². The van der Waals surface area contributed by atoms with Crippen LogP contribution in [0.4, 0.5) is 0 Å². The molecule has 0 aliphatic carbocycles. The topological polar surface area (TPSA) is 51.9 Å². The summed E-state index contributed by atoms with van der Waals surface area (Å²) < 4.78 is 18.9. The van der Waals surface area contributed by atoms with Gasteiger partial charge in [0.2, 0.25) is 11.2 Å². The molecule has 33 heavy (non-hydrogen) atoms. The second kappa shape index (κ2) is 9.41. The molecule has 0 amide bonds. The third-order valence-electron chi connectivity index (χ3n) is 5.86. The molecule has 2 heterocycles. The average Bonchev–Trinajstić information content (AvgIpc) is 2.83. The molecule has 1 aromatic heterocycles. The lowest BCUT2D eigenvalue weighted by Crippen LogP contribution is -2.33. The number of hydrogen-bond acceptors (Lipinski definition) is 5. The summed E-state index contributed by atoms with van der Waals surface area (Å²) in [5.41, 5.74) is 2.63. The van der Waals surface area contributed by atoms with E-state index in [0.717, 1.165) is 35.2 Å². The highest BCUT2D eigenvalue weighted by Crippen LogP contribution is 2.35. The molecule has 0 saturated carbocycles. The molecular formula is C27H24BrNO4. The van der Waals surface area contributed by atoms with Gasteiger partial charge in [-0.2, -0.15) is 0 Å². The third-order valence-corrected chi connectivity index (χ3v) is 6.51. The zero-order valence-electron chi connectivity index (χ0n) is 18.3. The van der Waals surface area contributed by atoms with Crippen LogP contribution in [0.3, 0.4) is 0 Å². The molecule has 0 radical (unpaired) electrons. The summed E-state index contributed by atoms with van der Waals surface area (Å²) in [4.78, 5) is 15.5. The summed E-state index contributed by atoms with van der Waals surface area (Å²) in [6, 6.07) is 21.5. The van der Waals surface area contributed by atoms with Gasteiger partial charge in [0.1, 0.15) is 29.6 Å². The molecule has 0 bridgehead atoms. The maximum atomic E-state index is 13.3. The van der Waals surface area contributed by atoms with Crippen molar-refractivity contribution in [1.29, 1.82) is 0 Å². The van der Waals surface area contributed by atoms with Crippen LogP contribution in [0.2, 0.25) is 0 Å². The first-order chi connectivity index (χ1) is 16.1. The number of fused-ring (bicyclic) bond motifs is 3. The lowest BCUT2D eigenvalue weighted by atomic mass is 10.1. The molecule has 6 heteroatoms. The van der Waals surface area contributed by atoms with Gasteiger partial charge in [-0.15, -0.1) is 0 Å². The SMILES string of the molecule is Cc1oc2c3c(ccc2c(=O)c1Oc1ccccc1Br)OCN(CCCc1ccccc1)C3.